The highest BCUT2D eigenvalue weighted by Gasteiger charge is 2.61. The molecule has 0 spiro atoms. The summed E-state index contributed by atoms with van der Waals surface area (Å²) in [6.07, 6.45) is 3.45. The number of carbonyl (C=O) groups is 2. The molecule has 0 radical (unpaired) electrons. The molecule has 2 aliphatic rings. The summed E-state index contributed by atoms with van der Waals surface area (Å²) in [5.74, 6) is 0.550. The number of rotatable bonds is 3. The fourth-order valence-electron chi connectivity index (χ4n) is 4.76. The molecule has 5 nitrogen and oxygen atoms in total. The topological polar surface area (TPSA) is 61.4 Å². The molecule has 0 heterocycles. The molecule has 1 aromatic rings. The van der Waals surface area contributed by atoms with Gasteiger partial charge in [-0.15, -0.1) is 0 Å². The number of nitrogens with zero attached hydrogens (tertiary/aromatic N) is 1. The smallest absolute Gasteiger partial charge is 0.319 e. The molecule has 3 rings (SSSR count). The van der Waals surface area contributed by atoms with Crippen LogP contribution in [-0.2, 0) is 0 Å². The van der Waals surface area contributed by atoms with Crippen LogP contribution in [0.1, 0.15) is 50.4 Å². The number of para-hydroxylation sites is 1. The molecule has 3 atom stereocenters. The average Bonchev–Trinajstić information content (AvgIpc) is 2.88. The first-order valence-corrected chi connectivity index (χ1v) is 9.05. The van der Waals surface area contributed by atoms with E-state index in [4.69, 9.17) is 0 Å². The van der Waals surface area contributed by atoms with Crippen LogP contribution in [0.15, 0.2) is 24.3 Å². The van der Waals surface area contributed by atoms with Gasteiger partial charge in [-0.2, -0.15) is 0 Å². The minimum absolute atomic E-state index is 0.121. The minimum atomic E-state index is -0.228. The SMILES string of the molecule is CN(C)C(=O)c1ccccc1NC(=O)N[C@H]1C[C@H]2CC[C@@]1(C)C2(C)C. The fraction of sp³-hybridized carbons (Fsp3) is 0.600. The zero-order valence-corrected chi connectivity index (χ0v) is 15.8. The molecule has 136 valence electrons. The molecule has 0 aliphatic heterocycles. The summed E-state index contributed by atoms with van der Waals surface area (Å²) in [5.41, 5.74) is 1.44. The summed E-state index contributed by atoms with van der Waals surface area (Å²) in [6, 6.07) is 7.08. The summed E-state index contributed by atoms with van der Waals surface area (Å²) in [6.45, 7) is 6.96. The molecule has 1 aromatic carbocycles. The normalized spacial score (nSPS) is 29.3. The molecule has 2 N–H and O–H groups in total. The fourth-order valence-corrected chi connectivity index (χ4v) is 4.76. The van der Waals surface area contributed by atoms with Crippen LogP contribution in [0.25, 0.3) is 0 Å². The van der Waals surface area contributed by atoms with Crippen molar-refractivity contribution in [2.45, 2.75) is 46.1 Å². The first-order valence-electron chi connectivity index (χ1n) is 9.05. The van der Waals surface area contributed by atoms with Crippen molar-refractivity contribution in [3.63, 3.8) is 0 Å². The van der Waals surface area contributed by atoms with Gasteiger partial charge in [-0.05, 0) is 48.1 Å². The standard InChI is InChI=1S/C20H29N3O2/c1-19(2)13-10-11-20(19,3)16(12-13)22-18(25)21-15-9-7-6-8-14(15)17(24)23(4)5/h6-9,13,16H,10-12H2,1-5H3,(H2,21,22,25)/t13-,16+,20-/m1/s1. The highest BCUT2D eigenvalue weighted by Crippen LogP contribution is 2.65. The van der Waals surface area contributed by atoms with E-state index in [1.807, 2.05) is 6.07 Å². The Labute approximate surface area is 150 Å². The molecular formula is C20H29N3O2. The van der Waals surface area contributed by atoms with Gasteiger partial charge in [0.25, 0.3) is 5.91 Å². The maximum absolute atomic E-state index is 12.6. The second-order valence-electron chi connectivity index (χ2n) is 8.51. The highest BCUT2D eigenvalue weighted by atomic mass is 16.2. The Balaban J connectivity index is 1.72. The summed E-state index contributed by atoms with van der Waals surface area (Å²) in [7, 11) is 3.41. The number of anilines is 1. The molecule has 0 saturated heterocycles. The van der Waals surface area contributed by atoms with Crippen molar-refractivity contribution in [3.05, 3.63) is 29.8 Å². The number of urea groups is 1. The summed E-state index contributed by atoms with van der Waals surface area (Å²) >= 11 is 0. The van der Waals surface area contributed by atoms with Crippen LogP contribution in [0.3, 0.4) is 0 Å². The molecule has 5 heteroatoms. The summed E-state index contributed by atoms with van der Waals surface area (Å²) in [5, 5.41) is 6.06. The van der Waals surface area contributed by atoms with E-state index in [2.05, 4.69) is 31.4 Å². The van der Waals surface area contributed by atoms with Gasteiger partial charge in [-0.3, -0.25) is 4.79 Å². The Morgan fingerprint density at radius 3 is 2.40 bits per heavy atom. The van der Waals surface area contributed by atoms with Crippen LogP contribution in [0.2, 0.25) is 0 Å². The maximum atomic E-state index is 12.6. The molecule has 0 aromatic heterocycles. The Kier molecular flexibility index (Phi) is 4.30. The number of benzene rings is 1. The van der Waals surface area contributed by atoms with Gasteiger partial charge >= 0.3 is 6.03 Å². The van der Waals surface area contributed by atoms with Gasteiger partial charge in [-0.25, -0.2) is 4.79 Å². The third-order valence-electron chi connectivity index (χ3n) is 6.91. The molecule has 2 fully saturated rings. The second-order valence-corrected chi connectivity index (χ2v) is 8.51. The van der Waals surface area contributed by atoms with Crippen molar-refractivity contribution in [1.82, 2.24) is 10.2 Å². The van der Waals surface area contributed by atoms with Crippen molar-refractivity contribution in [3.8, 4) is 0 Å². The van der Waals surface area contributed by atoms with E-state index in [1.165, 1.54) is 11.3 Å². The van der Waals surface area contributed by atoms with Crippen molar-refractivity contribution in [2.24, 2.45) is 16.7 Å². The van der Waals surface area contributed by atoms with E-state index in [0.29, 0.717) is 17.2 Å². The van der Waals surface area contributed by atoms with Crippen molar-refractivity contribution < 1.29 is 9.59 Å². The lowest BCUT2D eigenvalue weighted by atomic mass is 9.69. The van der Waals surface area contributed by atoms with E-state index in [0.717, 1.165) is 12.8 Å². The number of carbonyl (C=O) groups excluding carboxylic acids is 2. The molecule has 25 heavy (non-hydrogen) atoms. The van der Waals surface area contributed by atoms with Crippen LogP contribution in [0.5, 0.6) is 0 Å². The lowest BCUT2D eigenvalue weighted by Gasteiger charge is -2.39. The second kappa shape index (κ2) is 6.04. The Morgan fingerprint density at radius 1 is 1.16 bits per heavy atom. The largest absolute Gasteiger partial charge is 0.345 e. The average molecular weight is 343 g/mol. The van der Waals surface area contributed by atoms with Crippen molar-refractivity contribution >= 4 is 17.6 Å². The van der Waals surface area contributed by atoms with Crippen molar-refractivity contribution in [1.29, 1.82) is 0 Å². The molecule has 0 unspecified atom stereocenters. The van der Waals surface area contributed by atoms with Gasteiger partial charge in [0.2, 0.25) is 0 Å². The number of hydrogen-bond donors (Lipinski definition) is 2. The van der Waals surface area contributed by atoms with Gasteiger partial charge in [-0.1, -0.05) is 32.9 Å². The van der Waals surface area contributed by atoms with E-state index in [-0.39, 0.29) is 28.8 Å². The lowest BCUT2D eigenvalue weighted by Crippen LogP contribution is -2.48. The van der Waals surface area contributed by atoms with Crippen LogP contribution >= 0.6 is 0 Å². The van der Waals surface area contributed by atoms with Gasteiger partial charge in [0.1, 0.15) is 0 Å². The third kappa shape index (κ3) is 2.79. The summed E-state index contributed by atoms with van der Waals surface area (Å²) < 4.78 is 0. The van der Waals surface area contributed by atoms with Crippen molar-refractivity contribution in [2.75, 3.05) is 19.4 Å². The minimum Gasteiger partial charge on any atom is -0.345 e. The molecule has 2 aliphatic carbocycles. The lowest BCUT2D eigenvalue weighted by molar-refractivity contribution is 0.0828. The van der Waals surface area contributed by atoms with E-state index >= 15 is 0 Å². The van der Waals surface area contributed by atoms with Crippen LogP contribution < -0.4 is 10.6 Å². The maximum Gasteiger partial charge on any atom is 0.319 e. The van der Waals surface area contributed by atoms with E-state index in [9.17, 15) is 9.59 Å². The van der Waals surface area contributed by atoms with Gasteiger partial charge in [0, 0.05) is 20.1 Å². The molecule has 2 bridgehead atoms. The van der Waals surface area contributed by atoms with E-state index in [1.54, 1.807) is 32.3 Å². The zero-order chi connectivity index (χ0) is 18.4. The Bertz CT molecular complexity index is 698. The monoisotopic (exact) mass is 343 g/mol. The van der Waals surface area contributed by atoms with Crippen LogP contribution in [0.4, 0.5) is 10.5 Å². The third-order valence-corrected chi connectivity index (χ3v) is 6.91. The zero-order valence-electron chi connectivity index (χ0n) is 15.8. The van der Waals surface area contributed by atoms with E-state index < -0.39 is 0 Å². The molecular weight excluding hydrogens is 314 g/mol. The molecule has 3 amide bonds. The number of amides is 3. The van der Waals surface area contributed by atoms with Gasteiger partial charge < -0.3 is 15.5 Å². The Hall–Kier alpha value is -2.04. The van der Waals surface area contributed by atoms with Gasteiger partial charge in [0.05, 0.1) is 11.3 Å². The number of hydrogen-bond acceptors (Lipinski definition) is 2. The summed E-state index contributed by atoms with van der Waals surface area (Å²) in [4.78, 5) is 26.4. The number of fused-ring (bicyclic) bond motifs is 2. The first-order chi connectivity index (χ1) is 11.7. The van der Waals surface area contributed by atoms with Crippen LogP contribution in [0, 0.1) is 16.7 Å². The highest BCUT2D eigenvalue weighted by molar-refractivity contribution is 6.03. The quantitative estimate of drug-likeness (QED) is 0.878. The molecule has 2 saturated carbocycles. The first kappa shape index (κ1) is 17.8. The predicted molar refractivity (Wildman–Crippen MR) is 99.6 cm³/mol. The predicted octanol–water partition coefficient (Wildman–Crippen LogP) is 3.72. The number of nitrogens with one attached hydrogen (secondary N) is 2. The van der Waals surface area contributed by atoms with Crippen LogP contribution in [-0.4, -0.2) is 37.0 Å². The Morgan fingerprint density at radius 2 is 1.84 bits per heavy atom. The van der Waals surface area contributed by atoms with Gasteiger partial charge in [0.15, 0.2) is 0 Å².